The number of aryl methyl sites for hydroxylation is 1. The summed E-state index contributed by atoms with van der Waals surface area (Å²) in [6.07, 6.45) is 0. The second kappa shape index (κ2) is 6.48. The summed E-state index contributed by atoms with van der Waals surface area (Å²) in [5, 5.41) is 3.76. The monoisotopic (exact) mass is 435 g/mol. The molecule has 0 aliphatic carbocycles. The van der Waals surface area contributed by atoms with Gasteiger partial charge in [0.1, 0.15) is 0 Å². The lowest BCUT2D eigenvalue weighted by atomic mass is 10.2. The molecule has 104 valence electrons. The van der Waals surface area contributed by atoms with Crippen LogP contribution >= 0.6 is 55.1 Å². The maximum atomic E-state index is 12.2. The van der Waals surface area contributed by atoms with Crippen LogP contribution in [-0.4, -0.2) is 5.91 Å². The van der Waals surface area contributed by atoms with Crippen molar-refractivity contribution in [3.8, 4) is 0 Å². The molecule has 0 aliphatic heterocycles. The number of benzene rings is 2. The number of rotatable bonds is 2. The van der Waals surface area contributed by atoms with Crippen molar-refractivity contribution in [3.63, 3.8) is 0 Å². The average molecular weight is 438 g/mol. The van der Waals surface area contributed by atoms with E-state index in [0.29, 0.717) is 21.3 Å². The van der Waals surface area contributed by atoms with Crippen LogP contribution in [0.4, 0.5) is 5.69 Å². The van der Waals surface area contributed by atoms with Gasteiger partial charge in [-0.1, -0.05) is 55.1 Å². The van der Waals surface area contributed by atoms with Gasteiger partial charge < -0.3 is 5.32 Å². The Hall–Kier alpha value is -0.550. The predicted molar refractivity (Wildman–Crippen MR) is 91.0 cm³/mol. The van der Waals surface area contributed by atoms with Crippen molar-refractivity contribution in [2.75, 3.05) is 5.32 Å². The number of carbonyl (C=O) groups excluding carboxylic acids is 1. The molecule has 0 unspecified atom stereocenters. The largest absolute Gasteiger partial charge is 0.321 e. The lowest BCUT2D eigenvalue weighted by Crippen LogP contribution is -2.12. The molecule has 0 radical (unpaired) electrons. The number of carbonyl (C=O) groups is 1. The third kappa shape index (κ3) is 3.76. The van der Waals surface area contributed by atoms with Gasteiger partial charge in [-0.05, 0) is 42.8 Å². The first-order valence-corrected chi connectivity index (χ1v) is 7.94. The van der Waals surface area contributed by atoms with Crippen molar-refractivity contribution in [1.29, 1.82) is 0 Å². The van der Waals surface area contributed by atoms with Crippen LogP contribution in [-0.2, 0) is 0 Å². The van der Waals surface area contributed by atoms with Gasteiger partial charge in [-0.25, -0.2) is 0 Å². The highest BCUT2D eigenvalue weighted by molar-refractivity contribution is 9.11. The minimum atomic E-state index is -0.256. The summed E-state index contributed by atoms with van der Waals surface area (Å²) in [5.74, 6) is -0.256. The lowest BCUT2D eigenvalue weighted by Gasteiger charge is -2.10. The van der Waals surface area contributed by atoms with Crippen LogP contribution in [0.25, 0.3) is 0 Å². The molecular formula is C14H9Br2Cl2NO. The van der Waals surface area contributed by atoms with Crippen LogP contribution in [0.15, 0.2) is 39.3 Å². The van der Waals surface area contributed by atoms with Crippen molar-refractivity contribution in [1.82, 2.24) is 0 Å². The summed E-state index contributed by atoms with van der Waals surface area (Å²) < 4.78 is 1.62. The molecule has 1 amide bonds. The van der Waals surface area contributed by atoms with Crippen LogP contribution in [0.3, 0.4) is 0 Å². The molecule has 0 fully saturated rings. The first kappa shape index (κ1) is 15.8. The number of hydrogen-bond acceptors (Lipinski definition) is 1. The Morgan fingerprint density at radius 2 is 1.60 bits per heavy atom. The molecule has 0 saturated heterocycles. The topological polar surface area (TPSA) is 29.1 Å². The molecule has 0 spiro atoms. The zero-order chi connectivity index (χ0) is 14.9. The fourth-order valence-electron chi connectivity index (χ4n) is 1.62. The van der Waals surface area contributed by atoms with Crippen LogP contribution < -0.4 is 5.32 Å². The van der Waals surface area contributed by atoms with Crippen molar-refractivity contribution < 1.29 is 4.79 Å². The van der Waals surface area contributed by atoms with Gasteiger partial charge in [0.25, 0.3) is 5.91 Å². The van der Waals surface area contributed by atoms with Crippen molar-refractivity contribution in [2.24, 2.45) is 0 Å². The molecule has 0 atom stereocenters. The Balaban J connectivity index is 2.30. The minimum Gasteiger partial charge on any atom is -0.321 e. The average Bonchev–Trinajstić information content (AvgIpc) is 2.34. The van der Waals surface area contributed by atoms with E-state index in [2.05, 4.69) is 37.2 Å². The standard InChI is InChI=1S/C14H9Br2Cl2NO/c1-7-2-12(18)13(6-11(7)17)19-14(20)8-3-9(15)5-10(16)4-8/h2-6H,1H3,(H,19,20). The van der Waals surface area contributed by atoms with Crippen molar-refractivity contribution >= 4 is 66.7 Å². The van der Waals surface area contributed by atoms with Gasteiger partial charge in [-0.15, -0.1) is 0 Å². The van der Waals surface area contributed by atoms with E-state index in [0.717, 1.165) is 14.5 Å². The highest BCUT2D eigenvalue weighted by atomic mass is 79.9. The van der Waals surface area contributed by atoms with E-state index in [9.17, 15) is 4.79 Å². The van der Waals surface area contributed by atoms with E-state index in [-0.39, 0.29) is 5.91 Å². The molecule has 2 nitrogen and oxygen atoms in total. The van der Waals surface area contributed by atoms with Crippen molar-refractivity contribution in [2.45, 2.75) is 6.92 Å². The van der Waals surface area contributed by atoms with E-state index in [1.165, 1.54) is 0 Å². The van der Waals surface area contributed by atoms with E-state index in [1.54, 1.807) is 24.3 Å². The molecule has 0 heterocycles. The first-order valence-electron chi connectivity index (χ1n) is 5.60. The van der Waals surface area contributed by atoms with Gasteiger partial charge in [0, 0.05) is 19.5 Å². The smallest absolute Gasteiger partial charge is 0.255 e. The molecule has 6 heteroatoms. The third-order valence-corrected chi connectivity index (χ3v) is 4.26. The van der Waals surface area contributed by atoms with Gasteiger partial charge in [-0.3, -0.25) is 4.79 Å². The zero-order valence-corrected chi connectivity index (χ0v) is 15.0. The molecule has 2 rings (SSSR count). The summed E-state index contributed by atoms with van der Waals surface area (Å²) in [5.41, 5.74) is 1.86. The first-order chi connectivity index (χ1) is 9.36. The number of anilines is 1. The maximum absolute atomic E-state index is 12.2. The zero-order valence-electron chi connectivity index (χ0n) is 10.3. The van der Waals surface area contributed by atoms with Crippen molar-refractivity contribution in [3.05, 3.63) is 60.4 Å². The lowest BCUT2D eigenvalue weighted by molar-refractivity contribution is 0.102. The highest BCUT2D eigenvalue weighted by Crippen LogP contribution is 2.29. The van der Waals surface area contributed by atoms with Gasteiger partial charge in [-0.2, -0.15) is 0 Å². The number of hydrogen-bond donors (Lipinski definition) is 1. The van der Waals surface area contributed by atoms with Crippen LogP contribution in [0, 0.1) is 6.92 Å². The number of nitrogens with one attached hydrogen (secondary N) is 1. The van der Waals surface area contributed by atoms with Crippen LogP contribution in [0.5, 0.6) is 0 Å². The molecule has 2 aromatic rings. The van der Waals surface area contributed by atoms with E-state index in [1.807, 2.05) is 13.0 Å². The van der Waals surface area contributed by atoms with Crippen LogP contribution in [0.2, 0.25) is 10.0 Å². The van der Waals surface area contributed by atoms with Gasteiger partial charge in [0.05, 0.1) is 10.7 Å². The summed E-state index contributed by atoms with van der Waals surface area (Å²) in [6.45, 7) is 1.85. The summed E-state index contributed by atoms with van der Waals surface area (Å²) in [6, 6.07) is 8.67. The Morgan fingerprint density at radius 3 is 2.20 bits per heavy atom. The Labute approximate surface area is 143 Å². The molecule has 0 aliphatic rings. The summed E-state index contributed by atoms with van der Waals surface area (Å²) >= 11 is 18.8. The van der Waals surface area contributed by atoms with E-state index >= 15 is 0 Å². The molecular weight excluding hydrogens is 429 g/mol. The fraction of sp³-hybridized carbons (Fsp3) is 0.0714. The molecule has 2 aromatic carbocycles. The van der Waals surface area contributed by atoms with Gasteiger partial charge >= 0.3 is 0 Å². The number of halogens is 4. The molecule has 0 saturated carbocycles. The predicted octanol–water partition coefficient (Wildman–Crippen LogP) is 6.08. The summed E-state index contributed by atoms with van der Waals surface area (Å²) in [4.78, 5) is 12.2. The Bertz CT molecular complexity index is 669. The van der Waals surface area contributed by atoms with E-state index in [4.69, 9.17) is 23.2 Å². The molecule has 0 bridgehead atoms. The molecule has 0 aromatic heterocycles. The second-order valence-corrected chi connectivity index (χ2v) is 6.84. The Morgan fingerprint density at radius 1 is 1.00 bits per heavy atom. The second-order valence-electron chi connectivity index (χ2n) is 4.19. The SMILES string of the molecule is Cc1cc(Cl)c(NC(=O)c2cc(Br)cc(Br)c2)cc1Cl. The minimum absolute atomic E-state index is 0.256. The van der Waals surface area contributed by atoms with Gasteiger partial charge in [0.15, 0.2) is 0 Å². The fourth-order valence-corrected chi connectivity index (χ4v) is 3.34. The maximum Gasteiger partial charge on any atom is 0.255 e. The van der Waals surface area contributed by atoms with Gasteiger partial charge in [0.2, 0.25) is 0 Å². The third-order valence-electron chi connectivity index (χ3n) is 2.62. The molecule has 1 N–H and O–H groups in total. The number of amides is 1. The summed E-state index contributed by atoms with van der Waals surface area (Å²) in [7, 11) is 0. The van der Waals surface area contributed by atoms with E-state index < -0.39 is 0 Å². The van der Waals surface area contributed by atoms with Crippen LogP contribution in [0.1, 0.15) is 15.9 Å². The normalized spacial score (nSPS) is 10.4. The molecule has 20 heavy (non-hydrogen) atoms. The Kier molecular flexibility index (Phi) is 5.13. The quantitative estimate of drug-likeness (QED) is 0.606. The highest BCUT2D eigenvalue weighted by Gasteiger charge is 2.11.